The van der Waals surface area contributed by atoms with Gasteiger partial charge in [-0.15, -0.1) is 0 Å². The fourth-order valence-electron chi connectivity index (χ4n) is 5.16. The Morgan fingerprint density at radius 2 is 1.86 bits per heavy atom. The first-order valence-electron chi connectivity index (χ1n) is 12.0. The molecule has 2 aliphatic rings. The Morgan fingerprint density at radius 3 is 2.49 bits per heavy atom. The quantitative estimate of drug-likeness (QED) is 0.560. The van der Waals surface area contributed by atoms with Gasteiger partial charge in [0.05, 0.1) is 23.7 Å². The lowest BCUT2D eigenvalue weighted by Crippen LogP contribution is -2.46. The number of fused-ring (bicyclic) bond motifs is 1. The molecule has 2 heterocycles. The fourth-order valence-corrected chi connectivity index (χ4v) is 5.65. The number of hydrogen-bond acceptors (Lipinski definition) is 6. The Labute approximate surface area is 214 Å². The summed E-state index contributed by atoms with van der Waals surface area (Å²) in [5, 5.41) is 2.85. The number of ether oxygens (including phenoxy) is 3. The van der Waals surface area contributed by atoms with Crippen molar-refractivity contribution in [3.63, 3.8) is 0 Å². The van der Waals surface area contributed by atoms with Crippen molar-refractivity contribution >= 4 is 21.8 Å². The molecule has 8 nitrogen and oxygen atoms in total. The minimum absolute atomic E-state index is 0.0377. The normalized spacial score (nSPS) is 23.4. The molecule has 0 saturated heterocycles. The maximum Gasteiger partial charge on any atom is 0.256 e. The van der Waals surface area contributed by atoms with Crippen LogP contribution in [0.5, 0.6) is 17.2 Å². The molecule has 1 aromatic heterocycles. The van der Waals surface area contributed by atoms with Crippen molar-refractivity contribution in [3.8, 4) is 17.2 Å². The van der Waals surface area contributed by atoms with Gasteiger partial charge in [-0.05, 0) is 81.7 Å². The van der Waals surface area contributed by atoms with E-state index in [9.17, 15) is 9.59 Å². The van der Waals surface area contributed by atoms with Crippen molar-refractivity contribution in [2.75, 3.05) is 21.2 Å². The van der Waals surface area contributed by atoms with Crippen LogP contribution in [0.4, 0.5) is 0 Å². The van der Waals surface area contributed by atoms with Crippen LogP contribution in [0.2, 0.25) is 0 Å². The monoisotopic (exact) mass is 547 g/mol. The number of carbonyl (C=O) groups excluding carboxylic acids is 1. The van der Waals surface area contributed by atoms with Crippen molar-refractivity contribution in [3.05, 3.63) is 49.3 Å². The van der Waals surface area contributed by atoms with E-state index in [2.05, 4.69) is 45.2 Å². The molecule has 1 aliphatic heterocycles. The van der Waals surface area contributed by atoms with Crippen LogP contribution in [0.25, 0.3) is 0 Å². The Bertz CT molecular complexity index is 1190. The predicted molar refractivity (Wildman–Crippen MR) is 137 cm³/mol. The molecule has 0 spiro atoms. The smallest absolute Gasteiger partial charge is 0.256 e. The summed E-state index contributed by atoms with van der Waals surface area (Å²) in [5.74, 6) is 0.840. The summed E-state index contributed by atoms with van der Waals surface area (Å²) in [4.78, 5) is 30.6. The zero-order valence-electron chi connectivity index (χ0n) is 21.2. The zero-order chi connectivity index (χ0) is 25.5. The molecule has 2 aromatic rings. The molecule has 0 radical (unpaired) electrons. The third-order valence-electron chi connectivity index (χ3n) is 7.34. The Hall–Kier alpha value is -2.52. The number of aryl methyl sites for hydroxylation is 1. The molecule has 1 amide bonds. The number of hydrogen-bond donors (Lipinski definition) is 2. The van der Waals surface area contributed by atoms with Crippen LogP contribution in [0.15, 0.2) is 21.4 Å². The van der Waals surface area contributed by atoms with Gasteiger partial charge in [0.1, 0.15) is 5.75 Å². The van der Waals surface area contributed by atoms with Gasteiger partial charge in [0.15, 0.2) is 11.5 Å². The highest BCUT2D eigenvalue weighted by Crippen LogP contribution is 2.51. The minimum Gasteiger partial charge on any atom is -0.496 e. The topological polar surface area (TPSA) is 92.9 Å². The average Bonchev–Trinajstić information content (AvgIpc) is 3.20. The van der Waals surface area contributed by atoms with E-state index in [0.717, 1.165) is 25.7 Å². The number of aromatic amines is 1. The summed E-state index contributed by atoms with van der Waals surface area (Å²) in [6, 6.07) is 4.07. The molecule has 4 rings (SSSR count). The molecule has 1 atom stereocenters. The third kappa shape index (κ3) is 4.93. The molecule has 1 saturated carbocycles. The number of rotatable bonds is 6. The molecule has 190 valence electrons. The highest BCUT2D eigenvalue weighted by molar-refractivity contribution is 9.10. The number of benzene rings is 1. The SMILES string of the molecule is COc1cc(C)[nH]c(=O)c1CNC(=O)c1cc(Br)c2c(c1C)OC(C)(C1CCC(N(C)C)CC1)O2. The van der Waals surface area contributed by atoms with Crippen LogP contribution in [0.3, 0.4) is 0 Å². The number of carbonyl (C=O) groups is 1. The lowest BCUT2D eigenvalue weighted by Gasteiger charge is -2.39. The maximum absolute atomic E-state index is 13.1. The van der Waals surface area contributed by atoms with E-state index in [1.807, 2.05) is 13.8 Å². The van der Waals surface area contributed by atoms with E-state index in [1.54, 1.807) is 19.1 Å². The summed E-state index contributed by atoms with van der Waals surface area (Å²) in [6.07, 6.45) is 4.24. The van der Waals surface area contributed by atoms with E-state index in [0.29, 0.717) is 50.1 Å². The van der Waals surface area contributed by atoms with Crippen LogP contribution in [0, 0.1) is 19.8 Å². The van der Waals surface area contributed by atoms with Crippen LogP contribution < -0.4 is 25.1 Å². The van der Waals surface area contributed by atoms with Crippen molar-refractivity contribution in [2.45, 2.75) is 64.8 Å². The minimum atomic E-state index is -0.773. The van der Waals surface area contributed by atoms with Crippen molar-refractivity contribution in [2.24, 2.45) is 5.92 Å². The average molecular weight is 548 g/mol. The van der Waals surface area contributed by atoms with Gasteiger partial charge >= 0.3 is 0 Å². The molecule has 2 N–H and O–H groups in total. The van der Waals surface area contributed by atoms with Gasteiger partial charge in [0.25, 0.3) is 17.3 Å². The van der Waals surface area contributed by atoms with Gasteiger partial charge in [-0.1, -0.05) is 0 Å². The number of halogens is 1. The summed E-state index contributed by atoms with van der Waals surface area (Å²) in [5.41, 5.74) is 1.93. The summed E-state index contributed by atoms with van der Waals surface area (Å²) in [6.45, 7) is 5.67. The van der Waals surface area contributed by atoms with Gasteiger partial charge in [-0.2, -0.15) is 0 Å². The second-order valence-corrected chi connectivity index (χ2v) is 10.7. The molecule has 35 heavy (non-hydrogen) atoms. The molecule has 1 unspecified atom stereocenters. The van der Waals surface area contributed by atoms with Gasteiger partial charge in [0, 0.05) is 35.7 Å². The molecule has 1 aliphatic carbocycles. The largest absolute Gasteiger partial charge is 0.496 e. The van der Waals surface area contributed by atoms with Gasteiger partial charge in [-0.25, -0.2) is 0 Å². The summed E-state index contributed by atoms with van der Waals surface area (Å²) >= 11 is 3.58. The highest BCUT2D eigenvalue weighted by Gasteiger charge is 2.47. The van der Waals surface area contributed by atoms with E-state index >= 15 is 0 Å². The molecular weight excluding hydrogens is 514 g/mol. The Morgan fingerprint density at radius 1 is 1.20 bits per heavy atom. The summed E-state index contributed by atoms with van der Waals surface area (Å²) < 4.78 is 18.8. The van der Waals surface area contributed by atoms with Crippen molar-refractivity contribution < 1.29 is 19.0 Å². The Balaban J connectivity index is 1.52. The number of H-pyrrole nitrogens is 1. The zero-order valence-corrected chi connectivity index (χ0v) is 22.8. The van der Waals surface area contributed by atoms with Crippen LogP contribution in [-0.2, 0) is 6.54 Å². The van der Waals surface area contributed by atoms with E-state index in [4.69, 9.17) is 14.2 Å². The van der Waals surface area contributed by atoms with Gasteiger partial charge < -0.3 is 29.4 Å². The van der Waals surface area contributed by atoms with Crippen LogP contribution in [-0.4, -0.2) is 48.8 Å². The van der Waals surface area contributed by atoms with Crippen molar-refractivity contribution in [1.82, 2.24) is 15.2 Å². The number of aromatic nitrogens is 1. The van der Waals surface area contributed by atoms with Gasteiger partial charge in [0.2, 0.25) is 0 Å². The lowest BCUT2D eigenvalue weighted by atomic mass is 9.81. The number of nitrogens with zero attached hydrogens (tertiary/aromatic N) is 1. The lowest BCUT2D eigenvalue weighted by molar-refractivity contribution is -0.123. The van der Waals surface area contributed by atoms with Gasteiger partial charge in [-0.3, -0.25) is 9.59 Å². The molecule has 9 heteroatoms. The second kappa shape index (κ2) is 9.85. The number of nitrogens with one attached hydrogen (secondary N) is 2. The first-order valence-corrected chi connectivity index (χ1v) is 12.8. The highest BCUT2D eigenvalue weighted by atomic mass is 79.9. The standard InChI is InChI=1S/C26H34BrN3O5/c1-14-11-21(33-6)19(25(32)29-14)13-28-24(31)18-12-20(27)23-22(15(18)2)34-26(3,35-23)16-7-9-17(10-8-16)30(4)5/h11-12,16-17H,7-10,13H2,1-6H3,(H,28,31)(H,29,32). The second-order valence-electron chi connectivity index (χ2n) is 9.89. The first kappa shape index (κ1) is 25.6. The first-order chi connectivity index (χ1) is 16.5. The van der Waals surface area contributed by atoms with Crippen molar-refractivity contribution in [1.29, 1.82) is 0 Å². The Kier molecular flexibility index (Phi) is 7.20. The number of amides is 1. The van der Waals surface area contributed by atoms with E-state index in [1.165, 1.54) is 7.11 Å². The fraction of sp³-hybridized carbons (Fsp3) is 0.538. The predicted octanol–water partition coefficient (Wildman–Crippen LogP) is 4.30. The molecule has 1 fully saturated rings. The molecule has 1 aromatic carbocycles. The summed E-state index contributed by atoms with van der Waals surface area (Å²) in [7, 11) is 5.76. The molecule has 0 bridgehead atoms. The van der Waals surface area contributed by atoms with Crippen LogP contribution in [0.1, 0.15) is 59.8 Å². The maximum atomic E-state index is 13.1. The van der Waals surface area contributed by atoms with E-state index < -0.39 is 5.79 Å². The van der Waals surface area contributed by atoms with Crippen LogP contribution >= 0.6 is 15.9 Å². The molecular formula is C26H34BrN3O5. The van der Waals surface area contributed by atoms with E-state index in [-0.39, 0.29) is 23.9 Å². The number of methoxy groups -OCH3 is 1. The third-order valence-corrected chi connectivity index (χ3v) is 7.93. The number of pyridine rings is 1.